The quantitative estimate of drug-likeness (QED) is 0.622. The summed E-state index contributed by atoms with van der Waals surface area (Å²) in [7, 11) is 1.38. The number of aromatic hydroxyl groups is 1. The van der Waals surface area contributed by atoms with Crippen molar-refractivity contribution in [2.24, 2.45) is 0 Å². The number of carbonyl (C=O) groups excluding carboxylic acids is 2. The number of phenolic OH excluding ortho intramolecular Hbond substituents is 1. The third-order valence-corrected chi connectivity index (χ3v) is 4.25. The molecule has 2 aromatic rings. The normalized spacial score (nSPS) is 10.3. The van der Waals surface area contributed by atoms with E-state index in [0.29, 0.717) is 15.6 Å². The van der Waals surface area contributed by atoms with E-state index in [1.54, 1.807) is 6.92 Å². The molecule has 0 bridgehead atoms. The van der Waals surface area contributed by atoms with Crippen molar-refractivity contribution in [2.75, 3.05) is 20.2 Å². The molecule has 3 N–H and O–H groups in total. The van der Waals surface area contributed by atoms with Crippen LogP contribution in [0.2, 0.25) is 0 Å². The van der Waals surface area contributed by atoms with Crippen LogP contribution in [-0.2, 0) is 0 Å². The summed E-state index contributed by atoms with van der Waals surface area (Å²) in [6.07, 6.45) is 0. The Kier molecular flexibility index (Phi) is 6.57. The van der Waals surface area contributed by atoms with Gasteiger partial charge in [0.15, 0.2) is 11.5 Å². The minimum atomic E-state index is -0.446. The zero-order valence-electron chi connectivity index (χ0n) is 14.2. The lowest BCUT2D eigenvalue weighted by atomic mass is 10.1. The van der Waals surface area contributed by atoms with Gasteiger partial charge in [-0.3, -0.25) is 9.59 Å². The van der Waals surface area contributed by atoms with Crippen molar-refractivity contribution in [1.29, 1.82) is 0 Å². The van der Waals surface area contributed by atoms with Crippen LogP contribution in [0.4, 0.5) is 4.39 Å². The van der Waals surface area contributed by atoms with Crippen molar-refractivity contribution in [3.05, 3.63) is 57.3 Å². The minimum Gasteiger partial charge on any atom is -0.503 e. The predicted molar refractivity (Wildman–Crippen MR) is 98.2 cm³/mol. The topological polar surface area (TPSA) is 87.7 Å². The number of carbonyl (C=O) groups is 2. The molecule has 0 heterocycles. The maximum atomic E-state index is 13.5. The molecule has 8 heteroatoms. The molecule has 0 aliphatic rings. The second kappa shape index (κ2) is 8.66. The van der Waals surface area contributed by atoms with Crippen LogP contribution in [-0.4, -0.2) is 37.1 Å². The van der Waals surface area contributed by atoms with E-state index < -0.39 is 11.7 Å². The number of benzene rings is 2. The van der Waals surface area contributed by atoms with Crippen molar-refractivity contribution in [2.45, 2.75) is 6.92 Å². The Balaban J connectivity index is 1.87. The molecule has 2 aromatic carbocycles. The Hall–Kier alpha value is -2.61. The number of phenols is 1. The first-order chi connectivity index (χ1) is 12.3. The molecule has 0 spiro atoms. The van der Waals surface area contributed by atoms with Crippen LogP contribution in [0, 0.1) is 12.7 Å². The lowest BCUT2D eigenvalue weighted by Crippen LogP contribution is -2.34. The molecule has 0 aliphatic carbocycles. The number of amides is 2. The number of hydrogen-bond donors (Lipinski definition) is 3. The van der Waals surface area contributed by atoms with E-state index in [2.05, 4.69) is 26.6 Å². The van der Waals surface area contributed by atoms with E-state index >= 15 is 0 Å². The maximum absolute atomic E-state index is 13.5. The monoisotopic (exact) mass is 424 g/mol. The van der Waals surface area contributed by atoms with Crippen LogP contribution >= 0.6 is 15.9 Å². The highest BCUT2D eigenvalue weighted by Crippen LogP contribution is 2.35. The highest BCUT2D eigenvalue weighted by molar-refractivity contribution is 9.10. The lowest BCUT2D eigenvalue weighted by molar-refractivity contribution is 0.0927. The van der Waals surface area contributed by atoms with Crippen molar-refractivity contribution < 1.29 is 23.8 Å². The molecular weight excluding hydrogens is 407 g/mol. The van der Waals surface area contributed by atoms with E-state index in [4.69, 9.17) is 4.74 Å². The van der Waals surface area contributed by atoms with Gasteiger partial charge in [-0.05, 0) is 52.7 Å². The maximum Gasteiger partial charge on any atom is 0.251 e. The van der Waals surface area contributed by atoms with Gasteiger partial charge in [0, 0.05) is 24.2 Å². The molecule has 0 radical (unpaired) electrons. The number of halogens is 2. The highest BCUT2D eigenvalue weighted by Gasteiger charge is 2.13. The lowest BCUT2D eigenvalue weighted by Gasteiger charge is -2.10. The zero-order chi connectivity index (χ0) is 19.3. The minimum absolute atomic E-state index is 0.0957. The average Bonchev–Trinajstić information content (AvgIpc) is 2.62. The van der Waals surface area contributed by atoms with Gasteiger partial charge in [-0.25, -0.2) is 4.39 Å². The summed E-state index contributed by atoms with van der Waals surface area (Å²) in [6.45, 7) is 1.97. The molecular formula is C18H18BrFN2O4. The number of rotatable bonds is 6. The average molecular weight is 425 g/mol. The van der Waals surface area contributed by atoms with E-state index in [9.17, 15) is 19.1 Å². The van der Waals surface area contributed by atoms with E-state index in [0.717, 1.165) is 0 Å². The SMILES string of the molecule is COc1cc(C(=O)NCCNC(=O)c2ccc(C)c(F)c2)cc(Br)c1O. The first-order valence-corrected chi connectivity index (χ1v) is 8.52. The van der Waals surface area contributed by atoms with Crippen LogP contribution in [0.25, 0.3) is 0 Å². The first kappa shape index (κ1) is 19.7. The van der Waals surface area contributed by atoms with Crippen LogP contribution in [0.5, 0.6) is 11.5 Å². The molecule has 6 nitrogen and oxygen atoms in total. The molecule has 2 rings (SSSR count). The van der Waals surface area contributed by atoms with Crippen LogP contribution in [0.3, 0.4) is 0 Å². The summed E-state index contributed by atoms with van der Waals surface area (Å²) in [6, 6.07) is 7.10. The Morgan fingerprint density at radius 1 is 1.12 bits per heavy atom. The van der Waals surface area contributed by atoms with Gasteiger partial charge in [-0.1, -0.05) is 6.07 Å². The van der Waals surface area contributed by atoms with Gasteiger partial charge in [0.1, 0.15) is 5.82 Å². The fourth-order valence-corrected chi connectivity index (χ4v) is 2.59. The Morgan fingerprint density at radius 3 is 2.31 bits per heavy atom. The predicted octanol–water partition coefficient (Wildman–Crippen LogP) is 2.77. The van der Waals surface area contributed by atoms with E-state index in [1.165, 1.54) is 37.4 Å². The largest absolute Gasteiger partial charge is 0.503 e. The number of nitrogens with one attached hydrogen (secondary N) is 2. The Bertz CT molecular complexity index is 842. The van der Waals surface area contributed by atoms with Crippen molar-refractivity contribution in [1.82, 2.24) is 10.6 Å². The molecule has 0 atom stereocenters. The smallest absolute Gasteiger partial charge is 0.251 e. The van der Waals surface area contributed by atoms with E-state index in [-0.39, 0.29) is 36.1 Å². The third-order valence-electron chi connectivity index (χ3n) is 3.64. The van der Waals surface area contributed by atoms with Gasteiger partial charge < -0.3 is 20.5 Å². The fraction of sp³-hybridized carbons (Fsp3) is 0.222. The summed E-state index contributed by atoms with van der Waals surface area (Å²) in [4.78, 5) is 24.1. The zero-order valence-corrected chi connectivity index (χ0v) is 15.8. The number of methoxy groups -OCH3 is 1. The summed E-state index contributed by atoms with van der Waals surface area (Å²) in [5, 5.41) is 15.0. The molecule has 0 unspecified atom stereocenters. The number of hydrogen-bond acceptors (Lipinski definition) is 4. The van der Waals surface area contributed by atoms with Gasteiger partial charge in [0.2, 0.25) is 0 Å². The molecule has 2 amide bonds. The van der Waals surface area contributed by atoms with Crippen LogP contribution in [0.15, 0.2) is 34.8 Å². The molecule has 0 aliphatic heterocycles. The van der Waals surface area contributed by atoms with Crippen LogP contribution in [0.1, 0.15) is 26.3 Å². The summed E-state index contributed by atoms with van der Waals surface area (Å²) < 4.78 is 18.8. The summed E-state index contributed by atoms with van der Waals surface area (Å²) >= 11 is 3.15. The number of ether oxygens (including phenoxy) is 1. The fourth-order valence-electron chi connectivity index (χ4n) is 2.15. The summed E-state index contributed by atoms with van der Waals surface area (Å²) in [5.74, 6) is -1.19. The van der Waals surface area contributed by atoms with Crippen molar-refractivity contribution in [3.8, 4) is 11.5 Å². The molecule has 0 fully saturated rings. The summed E-state index contributed by atoms with van der Waals surface area (Å²) in [5.41, 5.74) is 0.967. The van der Waals surface area contributed by atoms with Gasteiger partial charge in [-0.2, -0.15) is 0 Å². The van der Waals surface area contributed by atoms with Gasteiger partial charge in [-0.15, -0.1) is 0 Å². The van der Waals surface area contributed by atoms with Crippen LogP contribution < -0.4 is 15.4 Å². The van der Waals surface area contributed by atoms with Gasteiger partial charge in [0.25, 0.3) is 11.8 Å². The van der Waals surface area contributed by atoms with Crippen molar-refractivity contribution in [3.63, 3.8) is 0 Å². The first-order valence-electron chi connectivity index (χ1n) is 7.72. The molecule has 138 valence electrons. The Morgan fingerprint density at radius 2 is 1.73 bits per heavy atom. The third kappa shape index (κ3) is 4.72. The van der Waals surface area contributed by atoms with Gasteiger partial charge in [0.05, 0.1) is 11.6 Å². The standard InChI is InChI=1S/C18H18BrFN2O4/c1-10-3-4-11(8-14(10)20)17(24)21-5-6-22-18(25)12-7-13(19)16(23)15(9-12)26-2/h3-4,7-9,23H,5-6H2,1-2H3,(H,21,24)(H,22,25). The number of aryl methyl sites for hydroxylation is 1. The Labute approximate surface area is 158 Å². The molecule has 0 saturated carbocycles. The van der Waals surface area contributed by atoms with E-state index in [1.807, 2.05) is 0 Å². The van der Waals surface area contributed by atoms with Gasteiger partial charge >= 0.3 is 0 Å². The molecule has 26 heavy (non-hydrogen) atoms. The second-order valence-corrected chi connectivity index (χ2v) is 6.34. The van der Waals surface area contributed by atoms with Crippen molar-refractivity contribution >= 4 is 27.7 Å². The molecule has 0 aromatic heterocycles. The highest BCUT2D eigenvalue weighted by atomic mass is 79.9. The second-order valence-electron chi connectivity index (χ2n) is 5.48. The molecule has 0 saturated heterocycles.